The Morgan fingerprint density at radius 2 is 1.18 bits per heavy atom. The van der Waals surface area contributed by atoms with Crippen LogP contribution in [-0.4, -0.2) is 0 Å². The van der Waals surface area contributed by atoms with E-state index in [1.54, 1.807) is 0 Å². The second kappa shape index (κ2) is 15.5. The summed E-state index contributed by atoms with van der Waals surface area (Å²) in [5, 5.41) is 3.90. The standard InChI is InChI=1S/C64H50N2/c1-42-27-28-45-15-5-7-19-51(45)62(42)63-52-20-8-6-16-46(52)33-40-61(63)65-47-34-29-43(30-35-47)44-31-36-49(37-32-44)66(48-17-3-2-4-18-48)50-38-39-56-55-23-11-14-26-59(55)64(60(56)41-50)57-24-12-9-21-53(57)54-22-10-13-25-58(54)64/h2-5,7-12,14-15,17-24,26-42,62,65H,6,13,16,25H2,1H3. The Labute approximate surface area is 388 Å². The Morgan fingerprint density at radius 3 is 2.02 bits per heavy atom. The smallest absolute Gasteiger partial charge is 0.0689 e. The molecular formula is C64H50N2. The summed E-state index contributed by atoms with van der Waals surface area (Å²) in [6.07, 6.45) is 18.5. The molecule has 2 heteroatoms. The molecule has 5 aliphatic carbocycles. The number of allylic oxidation sites excluding steroid dienone is 6. The van der Waals surface area contributed by atoms with E-state index in [-0.39, 0.29) is 11.3 Å². The van der Waals surface area contributed by atoms with E-state index in [9.17, 15) is 0 Å². The molecule has 0 fully saturated rings. The molecule has 0 saturated carbocycles. The fourth-order valence-electron chi connectivity index (χ4n) is 12.3. The molecule has 2 nitrogen and oxygen atoms in total. The normalized spacial score (nSPS) is 19.2. The van der Waals surface area contributed by atoms with Gasteiger partial charge in [0, 0.05) is 34.4 Å². The summed E-state index contributed by atoms with van der Waals surface area (Å²) in [5.74, 6) is 0.652. The van der Waals surface area contributed by atoms with E-state index in [2.05, 4.69) is 236 Å². The lowest BCUT2D eigenvalue weighted by Gasteiger charge is -2.34. The first-order valence-electron chi connectivity index (χ1n) is 23.8. The van der Waals surface area contributed by atoms with Crippen molar-refractivity contribution in [3.63, 3.8) is 0 Å². The van der Waals surface area contributed by atoms with Crippen LogP contribution in [0, 0.1) is 5.92 Å². The van der Waals surface area contributed by atoms with E-state index < -0.39 is 0 Å². The van der Waals surface area contributed by atoms with Crippen molar-refractivity contribution >= 4 is 46.2 Å². The maximum absolute atomic E-state index is 3.90. The van der Waals surface area contributed by atoms with E-state index in [1.807, 2.05) is 0 Å². The Morgan fingerprint density at radius 1 is 0.530 bits per heavy atom. The number of nitrogens with zero attached hydrogens (tertiary/aromatic N) is 1. The van der Waals surface area contributed by atoms with Gasteiger partial charge in [0.2, 0.25) is 0 Å². The molecule has 0 heterocycles. The summed E-state index contributed by atoms with van der Waals surface area (Å²) in [6.45, 7) is 2.36. The number of para-hydroxylation sites is 1. The summed E-state index contributed by atoms with van der Waals surface area (Å²) in [4.78, 5) is 2.43. The molecular weight excluding hydrogens is 797 g/mol. The van der Waals surface area contributed by atoms with Crippen LogP contribution in [0.25, 0.3) is 40.0 Å². The molecule has 8 aromatic carbocycles. The Bertz CT molecular complexity index is 3350. The highest BCUT2D eigenvalue weighted by Gasteiger charge is 2.52. The van der Waals surface area contributed by atoms with Gasteiger partial charge in [-0.2, -0.15) is 0 Å². The average Bonchev–Trinajstić information content (AvgIpc) is 3.85. The highest BCUT2D eigenvalue weighted by molar-refractivity contribution is 5.98. The van der Waals surface area contributed by atoms with Gasteiger partial charge in [0.15, 0.2) is 0 Å². The Kier molecular flexibility index (Phi) is 9.10. The summed E-state index contributed by atoms with van der Waals surface area (Å²) in [6, 6.07) is 68.0. The molecule has 0 saturated heterocycles. The average molecular weight is 847 g/mol. The quantitative estimate of drug-likeness (QED) is 0.172. The highest BCUT2D eigenvalue weighted by Crippen LogP contribution is 2.64. The van der Waals surface area contributed by atoms with Crippen LogP contribution in [0.15, 0.2) is 212 Å². The second-order valence-corrected chi connectivity index (χ2v) is 18.7. The minimum atomic E-state index is -0.318. The summed E-state index contributed by atoms with van der Waals surface area (Å²) in [7, 11) is 0. The van der Waals surface area contributed by atoms with Crippen LogP contribution in [0.2, 0.25) is 0 Å². The largest absolute Gasteiger partial charge is 0.355 e. The van der Waals surface area contributed by atoms with E-state index in [0.717, 1.165) is 48.4 Å². The molecule has 0 amide bonds. The van der Waals surface area contributed by atoms with Gasteiger partial charge in [0.1, 0.15) is 0 Å². The first kappa shape index (κ1) is 38.8. The van der Waals surface area contributed by atoms with E-state index in [1.165, 1.54) is 89.2 Å². The van der Waals surface area contributed by atoms with E-state index in [0.29, 0.717) is 5.92 Å². The Hall–Kier alpha value is -7.68. The molecule has 13 rings (SSSR count). The minimum absolute atomic E-state index is 0.271. The molecule has 0 aromatic heterocycles. The van der Waals surface area contributed by atoms with Crippen LogP contribution in [0.1, 0.15) is 82.2 Å². The maximum Gasteiger partial charge on any atom is 0.0689 e. The molecule has 0 aliphatic heterocycles. The van der Waals surface area contributed by atoms with Gasteiger partial charge in [-0.15, -0.1) is 0 Å². The molecule has 1 spiro atoms. The lowest BCUT2D eigenvalue weighted by molar-refractivity contribution is 0.618. The van der Waals surface area contributed by atoms with Crippen molar-refractivity contribution in [1.82, 2.24) is 0 Å². The Balaban J connectivity index is 0.849. The topological polar surface area (TPSA) is 15.3 Å². The molecule has 0 radical (unpaired) electrons. The summed E-state index contributed by atoms with van der Waals surface area (Å²) in [5.41, 5.74) is 25.9. The molecule has 316 valence electrons. The van der Waals surface area contributed by atoms with Gasteiger partial charge in [-0.05, 0) is 170 Å². The van der Waals surface area contributed by atoms with Crippen LogP contribution in [-0.2, 0) is 11.8 Å². The fraction of sp³-hybridized carbons (Fsp3) is 0.125. The van der Waals surface area contributed by atoms with E-state index in [4.69, 9.17) is 0 Å². The number of aryl methyl sites for hydroxylation is 1. The number of benzene rings is 8. The molecule has 8 aromatic rings. The zero-order valence-electron chi connectivity index (χ0n) is 37.2. The lowest BCUT2D eigenvalue weighted by atomic mass is 9.68. The monoisotopic (exact) mass is 846 g/mol. The first-order chi connectivity index (χ1) is 32.6. The highest BCUT2D eigenvalue weighted by atomic mass is 15.1. The molecule has 1 N–H and O–H groups in total. The molecule has 5 aliphatic rings. The van der Waals surface area contributed by atoms with Crippen molar-refractivity contribution in [2.75, 3.05) is 10.2 Å². The van der Waals surface area contributed by atoms with Gasteiger partial charge in [-0.25, -0.2) is 0 Å². The van der Waals surface area contributed by atoms with Gasteiger partial charge in [-0.1, -0.05) is 171 Å². The number of fused-ring (bicyclic) bond motifs is 11. The lowest BCUT2D eigenvalue weighted by Crippen LogP contribution is -2.28. The third-order valence-electron chi connectivity index (χ3n) is 15.2. The van der Waals surface area contributed by atoms with Crippen LogP contribution in [0.5, 0.6) is 0 Å². The van der Waals surface area contributed by atoms with E-state index >= 15 is 0 Å². The van der Waals surface area contributed by atoms with Crippen LogP contribution in [0.4, 0.5) is 28.4 Å². The minimum Gasteiger partial charge on any atom is -0.355 e. The number of anilines is 5. The van der Waals surface area contributed by atoms with Crippen molar-refractivity contribution in [2.45, 2.75) is 43.9 Å². The zero-order valence-corrected chi connectivity index (χ0v) is 37.2. The molecule has 3 atom stereocenters. The number of hydrogen-bond donors (Lipinski definition) is 1. The van der Waals surface area contributed by atoms with Crippen molar-refractivity contribution < 1.29 is 0 Å². The van der Waals surface area contributed by atoms with Gasteiger partial charge < -0.3 is 10.2 Å². The van der Waals surface area contributed by atoms with Gasteiger partial charge in [0.05, 0.1) is 5.41 Å². The van der Waals surface area contributed by atoms with Crippen molar-refractivity contribution in [3.05, 3.63) is 262 Å². The van der Waals surface area contributed by atoms with Crippen molar-refractivity contribution in [3.8, 4) is 22.3 Å². The van der Waals surface area contributed by atoms with Gasteiger partial charge >= 0.3 is 0 Å². The van der Waals surface area contributed by atoms with Crippen LogP contribution < -0.4 is 10.2 Å². The molecule has 66 heavy (non-hydrogen) atoms. The number of rotatable bonds is 7. The summed E-state index contributed by atoms with van der Waals surface area (Å²) >= 11 is 0. The van der Waals surface area contributed by atoms with Crippen molar-refractivity contribution in [2.24, 2.45) is 5.92 Å². The fourth-order valence-corrected chi connectivity index (χ4v) is 12.3. The third-order valence-corrected chi connectivity index (χ3v) is 15.2. The SMILES string of the molecule is CC1C=Cc2ccccc2C1c1c(Nc2ccc(-c3ccc(N(c4ccccc4)c4ccc5c(c4)C4(C6=C(C=CCC6)c6ccccc64)c4ccccc4-5)cc3)cc2)ccc2c1C=CCC2. The third kappa shape index (κ3) is 5.94. The zero-order chi connectivity index (χ0) is 43.8. The number of nitrogens with one attached hydrogen (secondary N) is 1. The molecule has 0 bridgehead atoms. The number of hydrogen-bond acceptors (Lipinski definition) is 2. The van der Waals surface area contributed by atoms with Crippen LogP contribution >= 0.6 is 0 Å². The summed E-state index contributed by atoms with van der Waals surface area (Å²) < 4.78 is 0. The second-order valence-electron chi connectivity index (χ2n) is 18.7. The first-order valence-corrected chi connectivity index (χ1v) is 23.8. The predicted octanol–water partition coefficient (Wildman–Crippen LogP) is 16.8. The van der Waals surface area contributed by atoms with Crippen LogP contribution in [0.3, 0.4) is 0 Å². The van der Waals surface area contributed by atoms with Crippen molar-refractivity contribution in [1.29, 1.82) is 0 Å². The maximum atomic E-state index is 3.90. The van der Waals surface area contributed by atoms with Gasteiger partial charge in [0.25, 0.3) is 0 Å². The molecule has 3 unspecified atom stereocenters. The predicted molar refractivity (Wildman–Crippen MR) is 277 cm³/mol. The van der Waals surface area contributed by atoms with Gasteiger partial charge in [-0.3, -0.25) is 0 Å².